The van der Waals surface area contributed by atoms with Crippen LogP contribution in [-0.4, -0.2) is 41.7 Å². The molecule has 1 unspecified atom stereocenters. The number of amides is 1. The molecule has 1 aliphatic rings. The predicted molar refractivity (Wildman–Crippen MR) is 83.8 cm³/mol. The number of aliphatic hydroxyl groups excluding tert-OH is 1. The number of hydrogen-bond acceptors (Lipinski definition) is 3. The van der Waals surface area contributed by atoms with Gasteiger partial charge in [-0.2, -0.15) is 0 Å². The third-order valence-corrected chi connectivity index (χ3v) is 4.64. The van der Waals surface area contributed by atoms with E-state index in [0.29, 0.717) is 6.54 Å². The molecule has 1 heterocycles. The molecule has 1 aromatic carbocycles. The summed E-state index contributed by atoms with van der Waals surface area (Å²) >= 11 is 3.44. The smallest absolute Gasteiger partial charge is 0.238 e. The molecule has 0 bridgehead atoms. The number of aryl methyl sites for hydroxylation is 1. The molecule has 20 heavy (non-hydrogen) atoms. The lowest BCUT2D eigenvalue weighted by Gasteiger charge is -2.33. The van der Waals surface area contributed by atoms with E-state index in [4.69, 9.17) is 0 Å². The van der Waals surface area contributed by atoms with Crippen LogP contribution in [0.2, 0.25) is 0 Å². The van der Waals surface area contributed by atoms with E-state index in [0.717, 1.165) is 41.5 Å². The minimum absolute atomic E-state index is 0.0212. The Balaban J connectivity index is 1.92. The van der Waals surface area contributed by atoms with Crippen molar-refractivity contribution in [2.24, 2.45) is 0 Å². The van der Waals surface area contributed by atoms with Gasteiger partial charge in [0.15, 0.2) is 0 Å². The third kappa shape index (κ3) is 4.04. The number of carbonyl (C=O) groups excluding carboxylic acids is 1. The molecule has 0 radical (unpaired) electrons. The Labute approximate surface area is 128 Å². The van der Waals surface area contributed by atoms with Gasteiger partial charge in [0, 0.05) is 16.2 Å². The molecule has 2 rings (SSSR count). The molecule has 2 N–H and O–H groups in total. The van der Waals surface area contributed by atoms with Crippen molar-refractivity contribution >= 4 is 27.5 Å². The van der Waals surface area contributed by atoms with Gasteiger partial charge >= 0.3 is 0 Å². The van der Waals surface area contributed by atoms with Crippen molar-refractivity contribution in [3.05, 3.63) is 28.2 Å². The lowest BCUT2D eigenvalue weighted by Crippen LogP contribution is -2.45. The van der Waals surface area contributed by atoms with Gasteiger partial charge in [-0.15, -0.1) is 0 Å². The fourth-order valence-electron chi connectivity index (χ4n) is 2.58. The van der Waals surface area contributed by atoms with Gasteiger partial charge in [0.2, 0.25) is 5.91 Å². The number of carbonyl (C=O) groups is 1. The van der Waals surface area contributed by atoms with Crippen molar-refractivity contribution in [2.75, 3.05) is 25.0 Å². The first-order chi connectivity index (χ1) is 9.60. The Morgan fingerprint density at radius 2 is 2.30 bits per heavy atom. The topological polar surface area (TPSA) is 52.6 Å². The number of halogens is 1. The lowest BCUT2D eigenvalue weighted by atomic mass is 10.0. The highest BCUT2D eigenvalue weighted by Crippen LogP contribution is 2.20. The van der Waals surface area contributed by atoms with Crippen LogP contribution in [0.3, 0.4) is 0 Å². The quantitative estimate of drug-likeness (QED) is 0.885. The van der Waals surface area contributed by atoms with Crippen molar-refractivity contribution < 1.29 is 9.90 Å². The number of likely N-dealkylation sites (tertiary alicyclic amines) is 1. The molecule has 1 amide bonds. The highest BCUT2D eigenvalue weighted by atomic mass is 79.9. The van der Waals surface area contributed by atoms with Gasteiger partial charge in [-0.05, 0) is 50.1 Å². The van der Waals surface area contributed by atoms with Crippen molar-refractivity contribution in [3.63, 3.8) is 0 Å². The Hall–Kier alpha value is -0.910. The van der Waals surface area contributed by atoms with E-state index < -0.39 is 0 Å². The van der Waals surface area contributed by atoms with Gasteiger partial charge in [0.25, 0.3) is 0 Å². The van der Waals surface area contributed by atoms with Crippen LogP contribution in [0.25, 0.3) is 0 Å². The second-order valence-corrected chi connectivity index (χ2v) is 6.17. The van der Waals surface area contributed by atoms with Gasteiger partial charge in [-0.1, -0.05) is 22.4 Å². The molecule has 0 aliphatic carbocycles. The molecule has 1 aliphatic heterocycles. The SMILES string of the molecule is Cc1cc(NC(=O)CN2CCCCC2CO)ccc1Br. The van der Waals surface area contributed by atoms with E-state index in [1.54, 1.807) is 0 Å². The molecular formula is C15H21BrN2O2. The highest BCUT2D eigenvalue weighted by Gasteiger charge is 2.23. The first kappa shape index (κ1) is 15.5. The minimum Gasteiger partial charge on any atom is -0.395 e. The van der Waals surface area contributed by atoms with E-state index in [1.807, 2.05) is 25.1 Å². The molecule has 0 saturated carbocycles. The summed E-state index contributed by atoms with van der Waals surface area (Å²) in [5.74, 6) is -0.0212. The first-order valence-electron chi connectivity index (χ1n) is 7.01. The molecular weight excluding hydrogens is 320 g/mol. The predicted octanol–water partition coefficient (Wildman–Crippen LogP) is 2.54. The average Bonchev–Trinajstić information content (AvgIpc) is 2.43. The molecule has 0 spiro atoms. The van der Waals surface area contributed by atoms with Crippen molar-refractivity contribution in [2.45, 2.75) is 32.2 Å². The Bertz CT molecular complexity index is 479. The first-order valence-corrected chi connectivity index (χ1v) is 7.80. The summed E-state index contributed by atoms with van der Waals surface area (Å²) in [5.41, 5.74) is 1.90. The largest absolute Gasteiger partial charge is 0.395 e. The Morgan fingerprint density at radius 3 is 3.00 bits per heavy atom. The summed E-state index contributed by atoms with van der Waals surface area (Å²) in [4.78, 5) is 14.2. The average molecular weight is 341 g/mol. The van der Waals surface area contributed by atoms with E-state index in [-0.39, 0.29) is 18.6 Å². The van der Waals surface area contributed by atoms with Crippen molar-refractivity contribution in [3.8, 4) is 0 Å². The second kappa shape index (κ2) is 7.20. The molecule has 1 fully saturated rings. The second-order valence-electron chi connectivity index (χ2n) is 5.31. The molecule has 1 saturated heterocycles. The molecule has 5 heteroatoms. The molecule has 110 valence electrons. The number of piperidine rings is 1. The van der Waals surface area contributed by atoms with Crippen LogP contribution >= 0.6 is 15.9 Å². The normalized spacial score (nSPS) is 19.9. The van der Waals surface area contributed by atoms with Gasteiger partial charge in [-0.25, -0.2) is 0 Å². The third-order valence-electron chi connectivity index (χ3n) is 3.75. The van der Waals surface area contributed by atoms with Crippen molar-refractivity contribution in [1.29, 1.82) is 0 Å². The standard InChI is InChI=1S/C15H21BrN2O2/c1-11-8-12(5-6-14(11)16)17-15(20)9-18-7-3-2-4-13(18)10-19/h5-6,8,13,19H,2-4,7,9-10H2,1H3,(H,17,20). The number of hydrogen-bond donors (Lipinski definition) is 2. The fraction of sp³-hybridized carbons (Fsp3) is 0.533. The monoisotopic (exact) mass is 340 g/mol. The van der Waals surface area contributed by atoms with Gasteiger partial charge in [0.1, 0.15) is 0 Å². The minimum atomic E-state index is -0.0212. The maximum atomic E-state index is 12.1. The maximum Gasteiger partial charge on any atom is 0.238 e. The van der Waals surface area contributed by atoms with Gasteiger partial charge in [0.05, 0.1) is 13.2 Å². The number of benzene rings is 1. The van der Waals surface area contributed by atoms with Gasteiger partial charge < -0.3 is 10.4 Å². The van der Waals surface area contributed by atoms with E-state index in [1.165, 1.54) is 0 Å². The van der Waals surface area contributed by atoms with E-state index in [9.17, 15) is 9.90 Å². The van der Waals surface area contributed by atoms with E-state index in [2.05, 4.69) is 26.1 Å². The zero-order valence-electron chi connectivity index (χ0n) is 11.7. The number of rotatable bonds is 4. The summed E-state index contributed by atoms with van der Waals surface area (Å²) in [6, 6.07) is 5.89. The Kier molecular flexibility index (Phi) is 5.57. The van der Waals surface area contributed by atoms with Crippen LogP contribution in [0.1, 0.15) is 24.8 Å². The Morgan fingerprint density at radius 1 is 1.50 bits per heavy atom. The van der Waals surface area contributed by atoms with Crippen LogP contribution in [0, 0.1) is 6.92 Å². The zero-order chi connectivity index (χ0) is 14.5. The number of nitrogens with zero attached hydrogens (tertiary/aromatic N) is 1. The number of aliphatic hydroxyl groups is 1. The summed E-state index contributed by atoms with van der Waals surface area (Å²) in [6.07, 6.45) is 3.21. The van der Waals surface area contributed by atoms with Crippen LogP contribution < -0.4 is 5.32 Å². The number of nitrogens with one attached hydrogen (secondary N) is 1. The van der Waals surface area contributed by atoms with Crippen LogP contribution in [-0.2, 0) is 4.79 Å². The van der Waals surface area contributed by atoms with Crippen LogP contribution in [0.4, 0.5) is 5.69 Å². The molecule has 1 aromatic rings. The summed E-state index contributed by atoms with van der Waals surface area (Å²) in [6.45, 7) is 3.36. The summed E-state index contributed by atoms with van der Waals surface area (Å²) < 4.78 is 1.03. The lowest BCUT2D eigenvalue weighted by molar-refractivity contribution is -0.118. The fourth-order valence-corrected chi connectivity index (χ4v) is 2.83. The van der Waals surface area contributed by atoms with Crippen LogP contribution in [0.5, 0.6) is 0 Å². The van der Waals surface area contributed by atoms with E-state index >= 15 is 0 Å². The van der Waals surface area contributed by atoms with Crippen molar-refractivity contribution in [1.82, 2.24) is 4.90 Å². The van der Waals surface area contributed by atoms with Gasteiger partial charge in [-0.3, -0.25) is 9.69 Å². The molecule has 0 aromatic heterocycles. The number of anilines is 1. The molecule has 1 atom stereocenters. The summed E-state index contributed by atoms with van der Waals surface area (Å²) in [5, 5.41) is 12.3. The van der Waals surface area contributed by atoms with Crippen LogP contribution in [0.15, 0.2) is 22.7 Å². The maximum absolute atomic E-state index is 12.1. The highest BCUT2D eigenvalue weighted by molar-refractivity contribution is 9.10. The summed E-state index contributed by atoms with van der Waals surface area (Å²) in [7, 11) is 0. The molecule has 4 nitrogen and oxygen atoms in total. The zero-order valence-corrected chi connectivity index (χ0v) is 13.3.